The van der Waals surface area contributed by atoms with Gasteiger partial charge in [-0.25, -0.2) is 4.79 Å². The van der Waals surface area contributed by atoms with Crippen molar-refractivity contribution in [2.24, 2.45) is 0 Å². The quantitative estimate of drug-likeness (QED) is 0.834. The van der Waals surface area contributed by atoms with E-state index in [1.165, 1.54) is 24.0 Å². The molecular weight excluding hydrogens is 306 g/mol. The van der Waals surface area contributed by atoms with Gasteiger partial charge in [-0.1, -0.05) is 11.6 Å². The maximum Gasteiger partial charge on any atom is 0.337 e. The Morgan fingerprint density at radius 1 is 1.38 bits per heavy atom. The van der Waals surface area contributed by atoms with Gasteiger partial charge in [0.2, 0.25) is 0 Å². The summed E-state index contributed by atoms with van der Waals surface area (Å²) in [4.78, 5) is 12.8. The molecule has 1 atom stereocenters. The lowest BCUT2D eigenvalue weighted by Gasteiger charge is -2.24. The molecule has 3 nitrogen and oxygen atoms in total. The van der Waals surface area contributed by atoms with E-state index < -0.39 is 0 Å². The average molecular weight is 322 g/mol. The van der Waals surface area contributed by atoms with Crippen molar-refractivity contribution in [2.45, 2.75) is 25.3 Å². The zero-order valence-corrected chi connectivity index (χ0v) is 13.3. The highest BCUT2D eigenvalue weighted by atomic mass is 35.5. The van der Waals surface area contributed by atoms with Crippen LogP contribution >= 0.6 is 22.9 Å². The molecular formula is C16H16ClNO2S. The van der Waals surface area contributed by atoms with Crippen molar-refractivity contribution in [1.82, 2.24) is 0 Å². The van der Waals surface area contributed by atoms with Crippen LogP contribution in [0.3, 0.4) is 0 Å². The molecule has 0 saturated carbocycles. The number of methoxy groups -OCH3 is 1. The molecule has 0 bridgehead atoms. The molecule has 1 aliphatic rings. The van der Waals surface area contributed by atoms with Crippen LogP contribution in [0.1, 0.15) is 39.7 Å². The molecule has 0 aliphatic heterocycles. The molecule has 2 aromatic rings. The SMILES string of the molecule is COC(=O)c1ccc(NC2CCCc3sc(Cl)cc32)cc1. The maximum absolute atomic E-state index is 11.4. The van der Waals surface area contributed by atoms with Crippen LogP contribution in [0, 0.1) is 0 Å². The van der Waals surface area contributed by atoms with E-state index in [1.807, 2.05) is 12.1 Å². The van der Waals surface area contributed by atoms with Gasteiger partial charge in [0.1, 0.15) is 0 Å². The van der Waals surface area contributed by atoms with Crippen LogP contribution in [0.4, 0.5) is 5.69 Å². The fourth-order valence-electron chi connectivity index (χ4n) is 2.69. The largest absolute Gasteiger partial charge is 0.465 e. The van der Waals surface area contributed by atoms with Gasteiger partial charge >= 0.3 is 5.97 Å². The van der Waals surface area contributed by atoms with Gasteiger partial charge < -0.3 is 10.1 Å². The first-order chi connectivity index (χ1) is 10.2. The second-order valence-electron chi connectivity index (χ2n) is 5.09. The van der Waals surface area contributed by atoms with Crippen molar-refractivity contribution in [1.29, 1.82) is 0 Å². The summed E-state index contributed by atoms with van der Waals surface area (Å²) in [6, 6.07) is 9.74. The lowest BCUT2D eigenvalue weighted by atomic mass is 9.94. The van der Waals surface area contributed by atoms with Gasteiger partial charge in [0.15, 0.2) is 0 Å². The molecule has 0 fully saturated rings. The van der Waals surface area contributed by atoms with Gasteiger partial charge in [-0.2, -0.15) is 0 Å². The number of rotatable bonds is 3. The third kappa shape index (κ3) is 3.06. The summed E-state index contributed by atoms with van der Waals surface area (Å²) in [6.45, 7) is 0. The summed E-state index contributed by atoms with van der Waals surface area (Å²) in [6.07, 6.45) is 3.38. The molecule has 0 saturated heterocycles. The zero-order valence-electron chi connectivity index (χ0n) is 11.7. The van der Waals surface area contributed by atoms with E-state index in [0.717, 1.165) is 22.9 Å². The molecule has 1 aromatic heterocycles. The summed E-state index contributed by atoms with van der Waals surface area (Å²) in [5.74, 6) is -0.314. The van der Waals surface area contributed by atoms with Crippen LogP contribution in [-0.4, -0.2) is 13.1 Å². The number of hydrogen-bond acceptors (Lipinski definition) is 4. The van der Waals surface area contributed by atoms with E-state index in [2.05, 4.69) is 11.4 Å². The lowest BCUT2D eigenvalue weighted by molar-refractivity contribution is 0.0601. The monoisotopic (exact) mass is 321 g/mol. The number of aryl methyl sites for hydroxylation is 1. The number of carbonyl (C=O) groups excluding carboxylic acids is 1. The highest BCUT2D eigenvalue weighted by molar-refractivity contribution is 7.16. The molecule has 1 aliphatic carbocycles. The third-order valence-electron chi connectivity index (χ3n) is 3.73. The smallest absolute Gasteiger partial charge is 0.337 e. The van der Waals surface area contributed by atoms with E-state index in [0.29, 0.717) is 11.6 Å². The standard InChI is InChI=1S/C16H16ClNO2S/c1-20-16(19)10-5-7-11(8-6-10)18-13-3-2-4-14-12(13)9-15(17)21-14/h5-9,13,18H,2-4H2,1H3. The molecule has 110 valence electrons. The van der Waals surface area contributed by atoms with Gasteiger partial charge in [-0.3, -0.25) is 0 Å². The Kier molecular flexibility index (Phi) is 4.17. The van der Waals surface area contributed by atoms with Gasteiger partial charge in [-0.05, 0) is 55.2 Å². The number of ether oxygens (including phenoxy) is 1. The number of carbonyl (C=O) groups is 1. The summed E-state index contributed by atoms with van der Waals surface area (Å²) in [5, 5.41) is 3.53. The first kappa shape index (κ1) is 14.4. The van der Waals surface area contributed by atoms with Crippen LogP contribution in [0.15, 0.2) is 30.3 Å². The molecule has 3 rings (SSSR count). The van der Waals surface area contributed by atoms with E-state index in [4.69, 9.17) is 16.3 Å². The van der Waals surface area contributed by atoms with E-state index in [1.54, 1.807) is 23.5 Å². The molecule has 0 radical (unpaired) electrons. The summed E-state index contributed by atoms with van der Waals surface area (Å²) >= 11 is 7.81. The molecule has 0 spiro atoms. The second-order valence-corrected chi connectivity index (χ2v) is 6.86. The first-order valence-corrected chi connectivity index (χ1v) is 8.10. The van der Waals surface area contributed by atoms with Gasteiger partial charge in [-0.15, -0.1) is 11.3 Å². The number of thiophene rings is 1. The summed E-state index contributed by atoms with van der Waals surface area (Å²) in [7, 11) is 1.39. The minimum atomic E-state index is -0.314. The normalized spacial score (nSPS) is 17.1. The average Bonchev–Trinajstić information content (AvgIpc) is 2.88. The zero-order chi connectivity index (χ0) is 14.8. The van der Waals surface area contributed by atoms with Crippen LogP contribution in [-0.2, 0) is 11.2 Å². The van der Waals surface area contributed by atoms with Crippen molar-refractivity contribution in [3.8, 4) is 0 Å². The molecule has 5 heteroatoms. The molecule has 21 heavy (non-hydrogen) atoms. The topological polar surface area (TPSA) is 38.3 Å². The Balaban J connectivity index is 1.77. The third-order valence-corrected chi connectivity index (χ3v) is 5.07. The summed E-state index contributed by atoms with van der Waals surface area (Å²) in [5.41, 5.74) is 2.88. The van der Waals surface area contributed by atoms with Crippen LogP contribution in [0.2, 0.25) is 4.34 Å². The Morgan fingerprint density at radius 2 is 2.14 bits per heavy atom. The molecule has 1 unspecified atom stereocenters. The second kappa shape index (κ2) is 6.08. The predicted molar refractivity (Wildman–Crippen MR) is 86.4 cm³/mol. The maximum atomic E-state index is 11.4. The molecule has 1 heterocycles. The molecule has 0 amide bonds. The minimum absolute atomic E-state index is 0.293. The Hall–Kier alpha value is -1.52. The van der Waals surface area contributed by atoms with Crippen LogP contribution in [0.5, 0.6) is 0 Å². The Morgan fingerprint density at radius 3 is 2.86 bits per heavy atom. The van der Waals surface area contributed by atoms with Crippen molar-refractivity contribution in [2.75, 3.05) is 12.4 Å². The highest BCUT2D eigenvalue weighted by Crippen LogP contribution is 2.39. The fraction of sp³-hybridized carbons (Fsp3) is 0.312. The Labute approximate surface area is 132 Å². The van der Waals surface area contributed by atoms with Crippen LogP contribution < -0.4 is 5.32 Å². The first-order valence-electron chi connectivity index (χ1n) is 6.90. The number of esters is 1. The van der Waals surface area contributed by atoms with E-state index in [-0.39, 0.29) is 5.97 Å². The van der Waals surface area contributed by atoms with E-state index in [9.17, 15) is 4.79 Å². The number of hydrogen-bond donors (Lipinski definition) is 1. The highest BCUT2D eigenvalue weighted by Gasteiger charge is 2.22. The van der Waals surface area contributed by atoms with E-state index >= 15 is 0 Å². The van der Waals surface area contributed by atoms with Crippen molar-refractivity contribution in [3.05, 3.63) is 50.7 Å². The van der Waals surface area contributed by atoms with Crippen molar-refractivity contribution >= 4 is 34.6 Å². The molecule has 1 aromatic carbocycles. The number of benzene rings is 1. The number of nitrogens with one attached hydrogen (secondary N) is 1. The molecule has 1 N–H and O–H groups in total. The number of halogens is 1. The van der Waals surface area contributed by atoms with Crippen molar-refractivity contribution < 1.29 is 9.53 Å². The van der Waals surface area contributed by atoms with Crippen LogP contribution in [0.25, 0.3) is 0 Å². The van der Waals surface area contributed by atoms with Gasteiger partial charge in [0.05, 0.1) is 23.1 Å². The number of fused-ring (bicyclic) bond motifs is 1. The fourth-order valence-corrected chi connectivity index (χ4v) is 4.08. The van der Waals surface area contributed by atoms with Crippen molar-refractivity contribution in [3.63, 3.8) is 0 Å². The minimum Gasteiger partial charge on any atom is -0.465 e. The van der Waals surface area contributed by atoms with Gasteiger partial charge in [0, 0.05) is 10.6 Å². The predicted octanol–water partition coefficient (Wildman–Crippen LogP) is 4.68. The lowest BCUT2D eigenvalue weighted by Crippen LogP contribution is -2.15. The Bertz CT molecular complexity index is 651. The van der Waals surface area contributed by atoms with Gasteiger partial charge in [0.25, 0.3) is 0 Å². The number of anilines is 1. The summed E-state index contributed by atoms with van der Waals surface area (Å²) < 4.78 is 5.56.